The number of esters is 2. The molecule has 0 aliphatic carbocycles. The van der Waals surface area contributed by atoms with Crippen molar-refractivity contribution in [2.75, 3.05) is 0 Å². The molecule has 1 aliphatic heterocycles. The Morgan fingerprint density at radius 1 is 1.07 bits per heavy atom. The van der Waals surface area contributed by atoms with Gasteiger partial charge in [-0.3, -0.25) is 0 Å². The number of ether oxygens (including phenoxy) is 3. The van der Waals surface area contributed by atoms with Crippen LogP contribution < -0.4 is 4.74 Å². The zero-order valence-corrected chi connectivity index (χ0v) is 16.2. The van der Waals surface area contributed by atoms with E-state index in [1.54, 1.807) is 30.3 Å². The fourth-order valence-electron chi connectivity index (χ4n) is 2.44. The van der Waals surface area contributed by atoms with E-state index in [0.717, 1.165) is 10.0 Å². The highest BCUT2D eigenvalue weighted by Gasteiger charge is 2.39. The number of carbonyl (C=O) groups is 2. The van der Waals surface area contributed by atoms with Crippen molar-refractivity contribution in [2.24, 2.45) is 0 Å². The smallest absolute Gasteiger partial charge is 0.348 e. The normalized spacial score (nSPS) is 15.8. The Hall–Kier alpha value is -2.67. The molecule has 140 valence electrons. The van der Waals surface area contributed by atoms with Crippen LogP contribution in [0.3, 0.4) is 0 Å². The number of halogens is 2. The zero-order chi connectivity index (χ0) is 19.6. The van der Waals surface area contributed by atoms with E-state index in [1.165, 1.54) is 32.1 Å². The lowest BCUT2D eigenvalue weighted by atomic mass is 10.1. The highest BCUT2D eigenvalue weighted by Crippen LogP contribution is 2.29. The molecular formula is C20H16BrFO5. The second-order valence-corrected chi connectivity index (χ2v) is 7.25. The first-order valence-corrected chi connectivity index (χ1v) is 8.88. The number of cyclic esters (lactones) is 2. The summed E-state index contributed by atoms with van der Waals surface area (Å²) < 4.78 is 29.7. The maximum Gasteiger partial charge on any atom is 0.348 e. The Bertz CT molecular complexity index is 896. The van der Waals surface area contributed by atoms with Crippen molar-refractivity contribution in [3.8, 4) is 5.75 Å². The molecule has 1 saturated heterocycles. The number of carbonyl (C=O) groups excluding carboxylic acids is 2. The van der Waals surface area contributed by atoms with Crippen molar-refractivity contribution in [1.29, 1.82) is 0 Å². The van der Waals surface area contributed by atoms with Gasteiger partial charge in [-0.05, 0) is 42.0 Å². The van der Waals surface area contributed by atoms with Gasteiger partial charge >= 0.3 is 11.9 Å². The summed E-state index contributed by atoms with van der Waals surface area (Å²) in [5.74, 6) is -2.71. The number of benzene rings is 2. The molecule has 0 spiro atoms. The van der Waals surface area contributed by atoms with Crippen LogP contribution in [0.1, 0.15) is 25.0 Å². The molecule has 0 amide bonds. The van der Waals surface area contributed by atoms with Crippen LogP contribution in [-0.2, 0) is 25.7 Å². The third kappa shape index (κ3) is 4.74. The van der Waals surface area contributed by atoms with Crippen LogP contribution in [0.2, 0.25) is 0 Å². The van der Waals surface area contributed by atoms with Crippen LogP contribution in [0.15, 0.2) is 52.5 Å². The molecule has 2 aromatic carbocycles. The van der Waals surface area contributed by atoms with Gasteiger partial charge in [0.1, 0.15) is 23.7 Å². The van der Waals surface area contributed by atoms with Gasteiger partial charge in [0.15, 0.2) is 0 Å². The molecular weight excluding hydrogens is 419 g/mol. The molecule has 3 rings (SSSR count). The molecule has 7 heteroatoms. The van der Waals surface area contributed by atoms with E-state index >= 15 is 0 Å². The van der Waals surface area contributed by atoms with E-state index in [0.29, 0.717) is 11.3 Å². The number of hydrogen-bond donors (Lipinski definition) is 0. The summed E-state index contributed by atoms with van der Waals surface area (Å²) in [5, 5.41) is 0. The van der Waals surface area contributed by atoms with E-state index in [4.69, 9.17) is 14.2 Å². The zero-order valence-electron chi connectivity index (χ0n) is 14.6. The maximum atomic E-state index is 13.0. The highest BCUT2D eigenvalue weighted by atomic mass is 79.9. The summed E-state index contributed by atoms with van der Waals surface area (Å²) in [6, 6.07) is 11.1. The summed E-state index contributed by atoms with van der Waals surface area (Å²) in [5.41, 5.74) is 1.05. The van der Waals surface area contributed by atoms with Crippen LogP contribution in [-0.4, -0.2) is 17.7 Å². The van der Waals surface area contributed by atoms with Gasteiger partial charge in [0, 0.05) is 23.9 Å². The van der Waals surface area contributed by atoms with Gasteiger partial charge < -0.3 is 14.2 Å². The molecule has 0 bridgehead atoms. The second-order valence-electron chi connectivity index (χ2n) is 6.33. The van der Waals surface area contributed by atoms with Crippen LogP contribution >= 0.6 is 15.9 Å². The van der Waals surface area contributed by atoms with Crippen molar-refractivity contribution in [3.63, 3.8) is 0 Å². The van der Waals surface area contributed by atoms with E-state index in [-0.39, 0.29) is 18.0 Å². The first kappa shape index (κ1) is 19.1. The predicted molar refractivity (Wildman–Crippen MR) is 99.1 cm³/mol. The quantitative estimate of drug-likeness (QED) is 0.405. The van der Waals surface area contributed by atoms with E-state index in [9.17, 15) is 14.0 Å². The number of hydrogen-bond acceptors (Lipinski definition) is 5. The minimum atomic E-state index is -1.30. The lowest BCUT2D eigenvalue weighted by Gasteiger charge is -2.29. The summed E-state index contributed by atoms with van der Waals surface area (Å²) >= 11 is 3.35. The largest absolute Gasteiger partial charge is 0.488 e. The first-order valence-electron chi connectivity index (χ1n) is 8.09. The molecule has 0 atom stereocenters. The monoisotopic (exact) mass is 434 g/mol. The van der Waals surface area contributed by atoms with Crippen molar-refractivity contribution < 1.29 is 28.2 Å². The Kier molecular flexibility index (Phi) is 5.32. The Morgan fingerprint density at radius 2 is 1.70 bits per heavy atom. The molecule has 27 heavy (non-hydrogen) atoms. The molecule has 0 N–H and O–H groups in total. The van der Waals surface area contributed by atoms with E-state index in [1.807, 2.05) is 0 Å². The van der Waals surface area contributed by atoms with Gasteiger partial charge in [0.25, 0.3) is 5.79 Å². The average Bonchev–Trinajstić information content (AvgIpc) is 2.58. The lowest BCUT2D eigenvalue weighted by molar-refractivity contribution is -0.222. The van der Waals surface area contributed by atoms with Crippen LogP contribution in [0.4, 0.5) is 4.39 Å². The SMILES string of the molecule is CC1(C)OC(=O)C(=Cc2cc(Br)ccc2OCc2ccc(F)cc2)C(=O)O1. The molecule has 2 aromatic rings. The Morgan fingerprint density at radius 3 is 2.33 bits per heavy atom. The first-order chi connectivity index (χ1) is 12.7. The fourth-order valence-corrected chi connectivity index (χ4v) is 2.82. The van der Waals surface area contributed by atoms with Gasteiger partial charge in [-0.15, -0.1) is 0 Å². The van der Waals surface area contributed by atoms with Crippen LogP contribution in [0.25, 0.3) is 6.08 Å². The van der Waals surface area contributed by atoms with Gasteiger partial charge in [0.2, 0.25) is 0 Å². The Balaban J connectivity index is 1.87. The predicted octanol–water partition coefficient (Wildman–Crippen LogP) is 4.39. The molecule has 0 unspecified atom stereocenters. The summed E-state index contributed by atoms with van der Waals surface area (Å²) in [4.78, 5) is 24.3. The maximum absolute atomic E-state index is 13.0. The Labute approximate surface area is 163 Å². The average molecular weight is 435 g/mol. The van der Waals surface area contributed by atoms with Gasteiger partial charge in [-0.1, -0.05) is 28.1 Å². The lowest BCUT2D eigenvalue weighted by Crippen LogP contribution is -2.41. The van der Waals surface area contributed by atoms with E-state index in [2.05, 4.69) is 15.9 Å². The topological polar surface area (TPSA) is 61.8 Å². The molecule has 1 aliphatic rings. The summed E-state index contributed by atoms with van der Waals surface area (Å²) in [7, 11) is 0. The van der Waals surface area contributed by atoms with E-state index < -0.39 is 17.7 Å². The van der Waals surface area contributed by atoms with Gasteiger partial charge in [0.05, 0.1) is 0 Å². The standard InChI is InChI=1S/C20H16BrFO5/c1-20(2)26-18(23)16(19(24)27-20)10-13-9-14(21)5-8-17(13)25-11-12-3-6-15(22)7-4-12/h3-10H,11H2,1-2H3. The minimum absolute atomic E-state index is 0.194. The fraction of sp³-hybridized carbons (Fsp3) is 0.200. The van der Waals surface area contributed by atoms with Crippen LogP contribution in [0.5, 0.6) is 5.75 Å². The van der Waals surface area contributed by atoms with Gasteiger partial charge in [-0.25, -0.2) is 14.0 Å². The molecule has 0 aromatic heterocycles. The summed E-state index contributed by atoms with van der Waals surface area (Å²) in [6.07, 6.45) is 1.37. The van der Waals surface area contributed by atoms with Crippen molar-refractivity contribution in [1.82, 2.24) is 0 Å². The molecule has 0 saturated carbocycles. The number of rotatable bonds is 4. The molecule has 1 heterocycles. The van der Waals surface area contributed by atoms with Gasteiger partial charge in [-0.2, -0.15) is 0 Å². The van der Waals surface area contributed by atoms with Crippen molar-refractivity contribution >= 4 is 33.9 Å². The highest BCUT2D eigenvalue weighted by molar-refractivity contribution is 9.10. The second kappa shape index (κ2) is 7.52. The van der Waals surface area contributed by atoms with Crippen LogP contribution in [0, 0.1) is 5.82 Å². The minimum Gasteiger partial charge on any atom is -0.488 e. The molecule has 5 nitrogen and oxygen atoms in total. The van der Waals surface area contributed by atoms with Crippen molar-refractivity contribution in [2.45, 2.75) is 26.2 Å². The summed E-state index contributed by atoms with van der Waals surface area (Å²) in [6.45, 7) is 3.16. The third-order valence-corrected chi connectivity index (χ3v) is 4.19. The third-order valence-electron chi connectivity index (χ3n) is 3.70. The molecule has 1 fully saturated rings. The molecule has 0 radical (unpaired) electrons. The van der Waals surface area contributed by atoms with Crippen molar-refractivity contribution in [3.05, 3.63) is 69.5 Å².